The van der Waals surface area contributed by atoms with Crippen molar-refractivity contribution < 1.29 is 18.9 Å². The van der Waals surface area contributed by atoms with Gasteiger partial charge in [-0.2, -0.15) is 10.2 Å². The van der Waals surface area contributed by atoms with E-state index in [-0.39, 0.29) is 17.7 Å². The number of nitrogens with one attached hydrogen (secondary N) is 1. The summed E-state index contributed by atoms with van der Waals surface area (Å²) in [7, 11) is 1.22. The van der Waals surface area contributed by atoms with Gasteiger partial charge in [0.15, 0.2) is 5.76 Å². The smallest absolute Gasteiger partial charge is 0.433 e. The number of ether oxygens (including phenoxy) is 1. The van der Waals surface area contributed by atoms with Crippen molar-refractivity contribution in [2.75, 3.05) is 7.11 Å². The molecule has 0 fully saturated rings. The second-order valence-electron chi connectivity index (χ2n) is 4.76. The molecule has 0 saturated heterocycles. The Kier molecular flexibility index (Phi) is 4.74. The van der Waals surface area contributed by atoms with Crippen molar-refractivity contribution in [2.45, 2.75) is 19.9 Å². The summed E-state index contributed by atoms with van der Waals surface area (Å²) < 4.78 is 11.2. The SMILES string of the molecule is COC(=O)NN=Cc1cn(C(C)C)nc1-c1ccc([N+](=O)[O-])o1. The standard InChI is InChI=1S/C13H15N5O5/c1-8(2)17-7-9(6-14-15-13(19)22-3)12(16-17)10-4-5-11(23-10)18(20)21/h4-8H,1-3H3,(H,15,19). The average Bonchev–Trinajstić information content (AvgIpc) is 3.13. The van der Waals surface area contributed by atoms with Crippen molar-refractivity contribution in [3.63, 3.8) is 0 Å². The third kappa shape index (κ3) is 3.73. The summed E-state index contributed by atoms with van der Waals surface area (Å²) >= 11 is 0. The summed E-state index contributed by atoms with van der Waals surface area (Å²) in [4.78, 5) is 21.1. The van der Waals surface area contributed by atoms with Gasteiger partial charge in [-0.1, -0.05) is 0 Å². The van der Waals surface area contributed by atoms with Crippen molar-refractivity contribution in [2.24, 2.45) is 5.10 Å². The number of hydrogen-bond acceptors (Lipinski definition) is 7. The minimum atomic E-state index is -0.715. The van der Waals surface area contributed by atoms with Crippen molar-refractivity contribution in [3.05, 3.63) is 34.0 Å². The fraction of sp³-hybridized carbons (Fsp3) is 0.308. The third-order valence-corrected chi connectivity index (χ3v) is 2.84. The molecule has 0 aliphatic heterocycles. The van der Waals surface area contributed by atoms with Gasteiger partial charge < -0.3 is 9.15 Å². The molecule has 0 spiro atoms. The molecule has 2 aromatic heterocycles. The second-order valence-corrected chi connectivity index (χ2v) is 4.76. The molecule has 1 N–H and O–H groups in total. The fourth-order valence-corrected chi connectivity index (χ4v) is 1.71. The normalized spacial score (nSPS) is 11.1. The van der Waals surface area contributed by atoms with Crippen LogP contribution >= 0.6 is 0 Å². The van der Waals surface area contributed by atoms with Crippen molar-refractivity contribution >= 4 is 18.2 Å². The molecule has 1 amide bonds. The third-order valence-electron chi connectivity index (χ3n) is 2.84. The Morgan fingerprint density at radius 1 is 1.57 bits per heavy atom. The van der Waals surface area contributed by atoms with E-state index in [1.807, 2.05) is 13.8 Å². The zero-order valence-corrected chi connectivity index (χ0v) is 12.7. The van der Waals surface area contributed by atoms with Crippen LogP contribution in [0.2, 0.25) is 0 Å². The number of nitro groups is 1. The molecule has 0 atom stereocenters. The predicted molar refractivity (Wildman–Crippen MR) is 80.1 cm³/mol. The number of carbonyl (C=O) groups is 1. The van der Waals surface area contributed by atoms with Crippen LogP contribution in [0.1, 0.15) is 25.5 Å². The number of nitrogens with zero attached hydrogens (tertiary/aromatic N) is 4. The predicted octanol–water partition coefficient (Wildman–Crippen LogP) is 2.32. The molecule has 0 aliphatic carbocycles. The molecule has 0 unspecified atom stereocenters. The molecule has 10 heteroatoms. The number of carbonyl (C=O) groups excluding carboxylic acids is 1. The van der Waals surface area contributed by atoms with E-state index in [0.717, 1.165) is 0 Å². The van der Waals surface area contributed by atoms with Gasteiger partial charge in [0.25, 0.3) is 0 Å². The maximum Gasteiger partial charge on any atom is 0.433 e. The zero-order chi connectivity index (χ0) is 17.0. The lowest BCUT2D eigenvalue weighted by Gasteiger charge is -2.02. The Hall–Kier alpha value is -3.17. The van der Waals surface area contributed by atoms with Gasteiger partial charge in [-0.05, 0) is 19.9 Å². The van der Waals surface area contributed by atoms with Gasteiger partial charge >= 0.3 is 12.0 Å². The Labute approximate surface area is 130 Å². The molecule has 10 nitrogen and oxygen atoms in total. The molecule has 2 aromatic rings. The Balaban J connectivity index is 2.36. The van der Waals surface area contributed by atoms with Crippen molar-refractivity contribution in [3.8, 4) is 11.5 Å². The highest BCUT2D eigenvalue weighted by atomic mass is 16.6. The maximum absolute atomic E-state index is 11.0. The quantitative estimate of drug-likeness (QED) is 0.512. The van der Waals surface area contributed by atoms with Gasteiger partial charge in [-0.25, -0.2) is 10.2 Å². The van der Waals surface area contributed by atoms with Gasteiger partial charge in [0.05, 0.1) is 19.4 Å². The Morgan fingerprint density at radius 3 is 2.87 bits per heavy atom. The van der Waals surface area contributed by atoms with E-state index in [9.17, 15) is 14.9 Å². The van der Waals surface area contributed by atoms with Crippen LogP contribution in [-0.2, 0) is 4.74 Å². The van der Waals surface area contributed by atoms with Crippen molar-refractivity contribution in [1.29, 1.82) is 0 Å². The molecule has 122 valence electrons. The monoisotopic (exact) mass is 321 g/mol. The largest absolute Gasteiger partial charge is 0.452 e. The number of methoxy groups -OCH3 is 1. The van der Waals surface area contributed by atoms with E-state index < -0.39 is 11.0 Å². The molecule has 23 heavy (non-hydrogen) atoms. The van der Waals surface area contributed by atoms with Gasteiger partial charge in [0, 0.05) is 17.8 Å². The van der Waals surface area contributed by atoms with Gasteiger partial charge in [-0.15, -0.1) is 0 Å². The van der Waals surface area contributed by atoms with Crippen LogP contribution < -0.4 is 5.43 Å². The fourth-order valence-electron chi connectivity index (χ4n) is 1.71. The minimum absolute atomic E-state index is 0.0643. The van der Waals surface area contributed by atoms with E-state index >= 15 is 0 Å². The number of hydrazone groups is 1. The van der Waals surface area contributed by atoms with Crippen molar-refractivity contribution in [1.82, 2.24) is 15.2 Å². The van der Waals surface area contributed by atoms with E-state index in [1.165, 1.54) is 25.5 Å². The first-order chi connectivity index (χ1) is 10.9. The summed E-state index contributed by atoms with van der Waals surface area (Å²) in [6.07, 6.45) is 2.33. The van der Waals surface area contributed by atoms with Crippen LogP contribution in [0.25, 0.3) is 11.5 Å². The first-order valence-corrected chi connectivity index (χ1v) is 6.63. The van der Waals surface area contributed by atoms with Crippen LogP contribution in [-0.4, -0.2) is 34.1 Å². The summed E-state index contributed by atoms with van der Waals surface area (Å²) in [6, 6.07) is 2.77. The summed E-state index contributed by atoms with van der Waals surface area (Å²) in [5, 5.41) is 18.8. The molecule has 0 radical (unpaired) electrons. The van der Waals surface area contributed by atoms with Crippen LogP contribution in [0.15, 0.2) is 27.8 Å². The summed E-state index contributed by atoms with van der Waals surface area (Å²) in [5.41, 5.74) is 3.06. The van der Waals surface area contributed by atoms with Gasteiger partial charge in [0.2, 0.25) is 0 Å². The highest BCUT2D eigenvalue weighted by molar-refractivity contribution is 5.88. The van der Waals surface area contributed by atoms with Crippen LogP contribution in [0, 0.1) is 10.1 Å². The second kappa shape index (κ2) is 6.73. The van der Waals surface area contributed by atoms with Gasteiger partial charge in [0.1, 0.15) is 10.6 Å². The molecule has 0 saturated carbocycles. The van der Waals surface area contributed by atoms with E-state index in [2.05, 4.69) is 20.4 Å². The molecule has 0 bridgehead atoms. The lowest BCUT2D eigenvalue weighted by molar-refractivity contribution is -0.401. The van der Waals surface area contributed by atoms with Crippen LogP contribution in [0.5, 0.6) is 0 Å². The molecule has 0 aromatic carbocycles. The molecular formula is C13H15N5O5. The topological polar surface area (TPSA) is 125 Å². The number of aromatic nitrogens is 2. The first kappa shape index (κ1) is 16.2. The highest BCUT2D eigenvalue weighted by Gasteiger charge is 2.19. The lowest BCUT2D eigenvalue weighted by atomic mass is 10.2. The number of hydrogen-bond donors (Lipinski definition) is 1. The average molecular weight is 321 g/mol. The minimum Gasteiger partial charge on any atom is -0.452 e. The summed E-state index contributed by atoms with van der Waals surface area (Å²) in [5.74, 6) is -0.148. The van der Waals surface area contributed by atoms with E-state index in [4.69, 9.17) is 4.42 Å². The van der Waals surface area contributed by atoms with E-state index in [0.29, 0.717) is 11.3 Å². The summed E-state index contributed by atoms with van der Waals surface area (Å²) in [6.45, 7) is 3.85. The highest BCUT2D eigenvalue weighted by Crippen LogP contribution is 2.27. The number of furan rings is 1. The molecular weight excluding hydrogens is 306 g/mol. The Bertz CT molecular complexity index is 746. The van der Waals surface area contributed by atoms with E-state index in [1.54, 1.807) is 10.9 Å². The molecule has 2 rings (SSSR count). The Morgan fingerprint density at radius 2 is 2.30 bits per heavy atom. The maximum atomic E-state index is 11.0. The molecule has 0 aliphatic rings. The molecule has 2 heterocycles. The zero-order valence-electron chi connectivity index (χ0n) is 12.7. The first-order valence-electron chi connectivity index (χ1n) is 6.63. The van der Waals surface area contributed by atoms with Gasteiger partial charge in [-0.3, -0.25) is 14.8 Å². The number of amides is 1. The van der Waals surface area contributed by atoms with Crippen LogP contribution in [0.4, 0.5) is 10.7 Å². The van der Waals surface area contributed by atoms with Crippen LogP contribution in [0.3, 0.4) is 0 Å². The lowest BCUT2D eigenvalue weighted by Crippen LogP contribution is -2.16. The number of rotatable bonds is 5.